The molecule has 0 aromatic heterocycles. The van der Waals surface area contributed by atoms with Crippen molar-refractivity contribution >= 4 is 5.78 Å². The van der Waals surface area contributed by atoms with Crippen molar-refractivity contribution in [3.63, 3.8) is 0 Å². The third-order valence-electron chi connectivity index (χ3n) is 1.88. The van der Waals surface area contributed by atoms with Crippen LogP contribution in [-0.4, -0.2) is 12.4 Å². The Morgan fingerprint density at radius 1 is 1.22 bits per heavy atom. The fourth-order valence-electron chi connectivity index (χ4n) is 1.39. The minimum atomic E-state index is 0.211. The topological polar surface area (TPSA) is 26.3 Å². The normalized spacial score (nSPS) is 24.7. The lowest BCUT2D eigenvalue weighted by molar-refractivity contribution is -0.117. The van der Waals surface area contributed by atoms with Crippen molar-refractivity contribution in [2.45, 2.75) is 19.3 Å². The number of hydrogen-bond donors (Lipinski definition) is 0. The third-order valence-corrected chi connectivity index (χ3v) is 1.88. The van der Waals surface area contributed by atoms with Gasteiger partial charge in [0.25, 0.3) is 0 Å². The van der Waals surface area contributed by atoms with E-state index in [0.29, 0.717) is 12.2 Å². The van der Waals surface area contributed by atoms with Gasteiger partial charge in [-0.3, -0.25) is 4.79 Å². The van der Waals surface area contributed by atoms with E-state index in [1.54, 1.807) is 0 Å². The zero-order valence-electron chi connectivity index (χ0n) is 5.14. The van der Waals surface area contributed by atoms with Gasteiger partial charge < -0.3 is 4.74 Å². The lowest BCUT2D eigenvalue weighted by Gasteiger charge is -1.95. The molecule has 9 heavy (non-hydrogen) atoms. The second-order valence-corrected chi connectivity index (χ2v) is 2.45. The number of ketones is 1. The van der Waals surface area contributed by atoms with Crippen LogP contribution in [0.15, 0.2) is 11.3 Å². The van der Waals surface area contributed by atoms with Crippen LogP contribution in [-0.2, 0) is 9.53 Å². The molecular formula is C7H8O2. The summed E-state index contributed by atoms with van der Waals surface area (Å²) in [5.41, 5.74) is 1.25. The molecule has 0 spiro atoms. The number of hydrogen-bond acceptors (Lipinski definition) is 2. The van der Waals surface area contributed by atoms with Gasteiger partial charge in [-0.05, 0) is 12.0 Å². The Bertz CT molecular complexity index is 191. The second-order valence-electron chi connectivity index (χ2n) is 2.45. The van der Waals surface area contributed by atoms with Crippen molar-refractivity contribution in [1.82, 2.24) is 0 Å². The molecule has 1 aliphatic heterocycles. The summed E-state index contributed by atoms with van der Waals surface area (Å²) in [5.74, 6) is 0.900. The number of rotatable bonds is 0. The van der Waals surface area contributed by atoms with E-state index in [1.165, 1.54) is 5.57 Å². The van der Waals surface area contributed by atoms with E-state index in [1.807, 2.05) is 0 Å². The summed E-state index contributed by atoms with van der Waals surface area (Å²) in [4.78, 5) is 10.9. The third kappa shape index (κ3) is 0.590. The van der Waals surface area contributed by atoms with Crippen LogP contribution in [0.1, 0.15) is 19.3 Å². The van der Waals surface area contributed by atoms with E-state index in [2.05, 4.69) is 0 Å². The van der Waals surface area contributed by atoms with Crippen molar-refractivity contribution < 1.29 is 9.53 Å². The molecule has 2 heteroatoms. The van der Waals surface area contributed by atoms with E-state index in [-0.39, 0.29) is 5.78 Å². The summed E-state index contributed by atoms with van der Waals surface area (Å²) in [6.45, 7) is 0.733. The minimum absolute atomic E-state index is 0.211. The Morgan fingerprint density at radius 3 is 2.89 bits per heavy atom. The second kappa shape index (κ2) is 1.59. The molecule has 1 heterocycles. The lowest BCUT2D eigenvalue weighted by Crippen LogP contribution is -1.97. The first kappa shape index (κ1) is 5.03. The molecule has 0 aromatic rings. The van der Waals surface area contributed by atoms with Crippen molar-refractivity contribution in [2.75, 3.05) is 6.61 Å². The first-order valence-corrected chi connectivity index (χ1v) is 3.26. The number of ether oxygens (including phenoxy) is 1. The first-order chi connectivity index (χ1) is 4.38. The van der Waals surface area contributed by atoms with Gasteiger partial charge in [-0.25, -0.2) is 0 Å². The highest BCUT2D eigenvalue weighted by atomic mass is 16.5. The van der Waals surface area contributed by atoms with Crippen molar-refractivity contribution in [1.29, 1.82) is 0 Å². The van der Waals surface area contributed by atoms with Crippen molar-refractivity contribution in [3.05, 3.63) is 11.3 Å². The highest BCUT2D eigenvalue weighted by Gasteiger charge is 2.28. The average molecular weight is 124 g/mol. The van der Waals surface area contributed by atoms with Gasteiger partial charge in [0.2, 0.25) is 0 Å². The summed E-state index contributed by atoms with van der Waals surface area (Å²) in [7, 11) is 0. The molecule has 0 fully saturated rings. The Kier molecular flexibility index (Phi) is 0.891. The Hall–Kier alpha value is -0.790. The summed E-state index contributed by atoms with van der Waals surface area (Å²) in [6, 6.07) is 0. The Morgan fingerprint density at radius 2 is 2.11 bits per heavy atom. The standard InChI is InChI=1S/C7H8O2/c8-6-2-1-5-3-4-9-7(5)6/h1-4H2. The Balaban J connectivity index is 2.34. The summed E-state index contributed by atoms with van der Waals surface area (Å²) < 4.78 is 5.12. The van der Waals surface area contributed by atoms with Crippen LogP contribution in [0.25, 0.3) is 0 Å². The van der Waals surface area contributed by atoms with Crippen LogP contribution < -0.4 is 0 Å². The molecule has 2 nitrogen and oxygen atoms in total. The van der Waals surface area contributed by atoms with Gasteiger partial charge in [0.15, 0.2) is 11.5 Å². The number of carbonyl (C=O) groups excluding carboxylic acids is 1. The van der Waals surface area contributed by atoms with Gasteiger partial charge in [0.1, 0.15) is 0 Å². The minimum Gasteiger partial charge on any atom is -0.490 e. The highest BCUT2D eigenvalue weighted by molar-refractivity contribution is 5.97. The predicted molar refractivity (Wildman–Crippen MR) is 31.8 cm³/mol. The highest BCUT2D eigenvalue weighted by Crippen LogP contribution is 2.31. The van der Waals surface area contributed by atoms with Crippen molar-refractivity contribution in [3.8, 4) is 0 Å². The molecule has 0 N–H and O–H groups in total. The van der Waals surface area contributed by atoms with E-state index in [9.17, 15) is 4.79 Å². The maximum absolute atomic E-state index is 10.9. The van der Waals surface area contributed by atoms with Crippen LogP contribution in [0, 0.1) is 0 Å². The van der Waals surface area contributed by atoms with Gasteiger partial charge in [-0.2, -0.15) is 0 Å². The van der Waals surface area contributed by atoms with Crippen LogP contribution >= 0.6 is 0 Å². The molecule has 48 valence electrons. The molecule has 2 aliphatic rings. The van der Waals surface area contributed by atoms with Crippen LogP contribution in [0.2, 0.25) is 0 Å². The molecule has 0 aromatic carbocycles. The van der Waals surface area contributed by atoms with Gasteiger partial charge in [0, 0.05) is 12.8 Å². The smallest absolute Gasteiger partial charge is 0.197 e. The Labute approximate surface area is 53.5 Å². The monoisotopic (exact) mass is 124 g/mol. The molecule has 0 unspecified atom stereocenters. The van der Waals surface area contributed by atoms with E-state index in [4.69, 9.17) is 4.74 Å². The lowest BCUT2D eigenvalue weighted by atomic mass is 10.2. The molecule has 0 saturated carbocycles. The molecule has 0 amide bonds. The number of Topliss-reactive ketones (excluding diaryl/α,β-unsaturated/α-hetero) is 1. The van der Waals surface area contributed by atoms with E-state index >= 15 is 0 Å². The summed E-state index contributed by atoms with van der Waals surface area (Å²) >= 11 is 0. The van der Waals surface area contributed by atoms with Gasteiger partial charge in [-0.15, -0.1) is 0 Å². The molecule has 0 radical (unpaired) electrons. The first-order valence-electron chi connectivity index (χ1n) is 3.26. The fourth-order valence-corrected chi connectivity index (χ4v) is 1.39. The van der Waals surface area contributed by atoms with Gasteiger partial charge in [-0.1, -0.05) is 0 Å². The predicted octanol–water partition coefficient (Wildman–Crippen LogP) is 1.02. The van der Waals surface area contributed by atoms with Crippen LogP contribution in [0.5, 0.6) is 0 Å². The van der Waals surface area contributed by atoms with E-state index < -0.39 is 0 Å². The quantitative estimate of drug-likeness (QED) is 0.482. The fraction of sp³-hybridized carbons (Fsp3) is 0.571. The average Bonchev–Trinajstić information content (AvgIpc) is 2.35. The zero-order valence-corrected chi connectivity index (χ0v) is 5.14. The molecular weight excluding hydrogens is 116 g/mol. The van der Waals surface area contributed by atoms with Crippen molar-refractivity contribution in [2.24, 2.45) is 0 Å². The van der Waals surface area contributed by atoms with Gasteiger partial charge in [0.05, 0.1) is 6.61 Å². The molecule has 0 bridgehead atoms. The number of carbonyl (C=O) groups is 1. The molecule has 0 atom stereocenters. The molecule has 2 rings (SSSR count). The summed E-state index contributed by atoms with van der Waals surface area (Å²) in [6.07, 6.45) is 2.62. The molecule has 1 aliphatic carbocycles. The van der Waals surface area contributed by atoms with Gasteiger partial charge >= 0.3 is 0 Å². The number of allylic oxidation sites excluding steroid dienone is 1. The largest absolute Gasteiger partial charge is 0.490 e. The molecule has 0 saturated heterocycles. The maximum atomic E-state index is 10.9. The maximum Gasteiger partial charge on any atom is 0.197 e. The summed E-state index contributed by atoms with van der Waals surface area (Å²) in [5, 5.41) is 0. The van der Waals surface area contributed by atoms with Crippen LogP contribution in [0.4, 0.5) is 0 Å². The van der Waals surface area contributed by atoms with E-state index in [0.717, 1.165) is 19.4 Å². The SMILES string of the molecule is O=C1CCC2=C1OCC2. The zero-order chi connectivity index (χ0) is 6.27. The van der Waals surface area contributed by atoms with Crippen LogP contribution in [0.3, 0.4) is 0 Å².